The van der Waals surface area contributed by atoms with Gasteiger partial charge in [0.2, 0.25) is 6.79 Å². The molecule has 0 bridgehead atoms. The fourth-order valence-electron chi connectivity index (χ4n) is 1.90. The second kappa shape index (κ2) is 159. The molecule has 27 heteroatoms. The zero-order valence-electron chi connectivity index (χ0n) is 48.1. The number of carbonyl (C=O) groups excluding carboxylic acids is 9. The zero-order chi connectivity index (χ0) is 59.5. The smallest absolute Gasteiger partial charge is 0.331 e. The lowest BCUT2D eigenvalue weighted by Crippen LogP contribution is -2.16. The average Bonchev–Trinajstić information content (AvgIpc) is 3.34. The van der Waals surface area contributed by atoms with E-state index in [2.05, 4.69) is 111 Å². The summed E-state index contributed by atoms with van der Waals surface area (Å²) < 4.78 is 70.6. The fourth-order valence-corrected chi connectivity index (χ4v) is 2.84. The van der Waals surface area contributed by atoms with E-state index in [1.807, 2.05) is 37.4 Å². The molecule has 0 aromatic carbocycles. The van der Waals surface area contributed by atoms with Crippen molar-refractivity contribution in [2.75, 3.05) is 141 Å². The van der Waals surface area contributed by atoms with Gasteiger partial charge in [-0.3, -0.25) is 33.6 Å². The van der Waals surface area contributed by atoms with Gasteiger partial charge in [-0.2, -0.15) is 23.5 Å². The number of rotatable bonds is 22. The summed E-state index contributed by atoms with van der Waals surface area (Å²) in [5.74, 6) is -4.12. The lowest BCUT2D eigenvalue weighted by molar-refractivity contribution is -0.173. The number of hydrogen-bond acceptors (Lipinski definition) is 27. The molecule has 0 saturated heterocycles. The van der Waals surface area contributed by atoms with Crippen molar-refractivity contribution in [3.8, 4) is 0 Å². The predicted molar refractivity (Wildman–Crippen MR) is 358 cm³/mol. The summed E-state index contributed by atoms with van der Waals surface area (Å²) in [5, 5.41) is 1.22. The van der Waals surface area contributed by atoms with Crippen LogP contribution in [0, 0.1) is 0 Å². The third-order valence-electron chi connectivity index (χ3n) is 4.56. The molecular formula is C58H144O25S2. The van der Waals surface area contributed by atoms with Gasteiger partial charge < -0.3 is 75.8 Å². The molecule has 0 unspecified atom stereocenters. The molecule has 0 rings (SSSR count). The quantitative estimate of drug-likeness (QED) is 0.0320. The molecule has 0 aromatic rings. The van der Waals surface area contributed by atoms with Crippen molar-refractivity contribution < 1.29 is 119 Å². The molecule has 25 nitrogen and oxygen atoms in total. The van der Waals surface area contributed by atoms with Crippen LogP contribution < -0.4 is 0 Å². The minimum absolute atomic E-state index is 0. The van der Waals surface area contributed by atoms with Gasteiger partial charge in [0.1, 0.15) is 33.2 Å². The van der Waals surface area contributed by atoms with Gasteiger partial charge in [0.15, 0.2) is 13.6 Å². The van der Waals surface area contributed by atoms with E-state index in [-0.39, 0.29) is 135 Å². The molecule has 0 heterocycles. The number of esters is 9. The summed E-state index contributed by atoms with van der Waals surface area (Å²) in [7, 11) is 11.3. The zero-order valence-corrected chi connectivity index (χ0v) is 49.8. The lowest BCUT2D eigenvalue weighted by atomic mass is 10.4. The fraction of sp³-hybridized carbons (Fsp3) is 0.845. The van der Waals surface area contributed by atoms with Crippen LogP contribution in [-0.4, -0.2) is 195 Å². The van der Waals surface area contributed by atoms with Crippen molar-refractivity contribution in [3.05, 3.63) is 0 Å². The highest BCUT2D eigenvalue weighted by Gasteiger charge is 2.07. The van der Waals surface area contributed by atoms with Crippen LogP contribution in [0.15, 0.2) is 0 Å². The van der Waals surface area contributed by atoms with Crippen molar-refractivity contribution in [1.29, 1.82) is 0 Å². The normalized spacial score (nSPS) is 7.13. The molecule has 0 atom stereocenters. The van der Waals surface area contributed by atoms with Crippen molar-refractivity contribution in [3.63, 3.8) is 0 Å². The molecule has 0 saturated carbocycles. The van der Waals surface area contributed by atoms with Crippen LogP contribution in [0.1, 0.15) is 198 Å². The van der Waals surface area contributed by atoms with E-state index in [0.29, 0.717) is 26.6 Å². The van der Waals surface area contributed by atoms with E-state index < -0.39 is 47.8 Å². The number of methoxy groups -OCH3 is 8. The molecule has 0 aromatic heterocycles. The third-order valence-corrected chi connectivity index (χ3v) is 6.45. The second-order valence-electron chi connectivity index (χ2n) is 11.5. The highest BCUT2D eigenvalue weighted by molar-refractivity contribution is 8.15. The first kappa shape index (κ1) is 154. The highest BCUT2D eigenvalue weighted by Crippen LogP contribution is 2.01. The van der Waals surface area contributed by atoms with Gasteiger partial charge in [0.05, 0.1) is 35.0 Å². The summed E-state index contributed by atoms with van der Waals surface area (Å²) in [6.07, 6.45) is 6.88. The Bertz CT molecular complexity index is 1080. The van der Waals surface area contributed by atoms with Crippen LogP contribution in [0.3, 0.4) is 0 Å². The maximum Gasteiger partial charge on any atom is 0.331 e. The lowest BCUT2D eigenvalue weighted by Gasteiger charge is -2.02. The Morgan fingerprint density at radius 1 is 0.306 bits per heavy atom. The predicted octanol–water partition coefficient (Wildman–Crippen LogP) is 13.8. The molecular weight excluding hydrogens is 1160 g/mol. The maximum absolute atomic E-state index is 10.4. The first-order chi connectivity index (χ1) is 34.4. The molecule has 0 amide bonds. The van der Waals surface area contributed by atoms with Crippen LogP contribution in [0.2, 0.25) is 0 Å². The van der Waals surface area contributed by atoms with Crippen molar-refractivity contribution in [2.24, 2.45) is 0 Å². The van der Waals surface area contributed by atoms with Gasteiger partial charge in [-0.25, -0.2) is 9.59 Å². The minimum atomic E-state index is -0.582. The van der Waals surface area contributed by atoms with Crippen molar-refractivity contribution in [1.82, 2.24) is 0 Å². The molecule has 0 aliphatic heterocycles. The minimum Gasteiger partial charge on any atom is -0.469 e. The van der Waals surface area contributed by atoms with E-state index in [4.69, 9.17) is 4.74 Å². The van der Waals surface area contributed by atoms with Gasteiger partial charge in [0.25, 0.3) is 0 Å². The van der Waals surface area contributed by atoms with E-state index in [9.17, 15) is 43.2 Å². The van der Waals surface area contributed by atoms with Gasteiger partial charge >= 0.3 is 53.7 Å². The number of carbonyl (C=O) groups is 9. The summed E-state index contributed by atoms with van der Waals surface area (Å²) >= 11 is 3.73. The SMILES string of the molecule is C.C.C.C.C.C.C.C.C.C.C.C.CC(=O)OCOC(C)=O.CC(=O)OCOCOC(C)=O.CCC.CCC.CCOC(=O)CC.CCOCC.COC(=O)CC(=O)OC.COC(=O)COCC(=O)OC.COCOC.COCOC.CSCSC. The summed E-state index contributed by atoms with van der Waals surface area (Å²) in [6.45, 7) is 22.9. The summed E-state index contributed by atoms with van der Waals surface area (Å²) in [5.41, 5.74) is 0. The van der Waals surface area contributed by atoms with E-state index in [1.165, 1.54) is 74.1 Å². The topological polar surface area (TPSA) is 301 Å². The first-order valence-corrected chi connectivity index (χ1v) is 24.9. The molecule has 538 valence electrons. The Morgan fingerprint density at radius 3 is 0.682 bits per heavy atom. The Balaban J connectivity index is -0.0000000238. The van der Waals surface area contributed by atoms with Crippen molar-refractivity contribution >= 4 is 77.2 Å². The monoisotopic (exact) mass is 1300 g/mol. The summed E-state index contributed by atoms with van der Waals surface area (Å²) in [4.78, 5) is 91.8. The molecule has 0 spiro atoms. The van der Waals surface area contributed by atoms with Gasteiger partial charge in [-0.1, -0.05) is 137 Å². The van der Waals surface area contributed by atoms with Crippen LogP contribution in [0.25, 0.3) is 0 Å². The number of hydrogen-bond donors (Lipinski definition) is 0. The molecule has 0 fully saturated rings. The van der Waals surface area contributed by atoms with Gasteiger partial charge in [0, 0.05) is 80.9 Å². The second-order valence-corrected chi connectivity index (χ2v) is 13.6. The van der Waals surface area contributed by atoms with Gasteiger partial charge in [-0.05, 0) is 33.3 Å². The molecule has 85 heavy (non-hydrogen) atoms. The summed E-state index contributed by atoms with van der Waals surface area (Å²) in [6, 6.07) is 0. The van der Waals surface area contributed by atoms with Gasteiger partial charge in [-0.15, -0.1) is 0 Å². The Labute approximate surface area is 533 Å². The third kappa shape index (κ3) is 291. The maximum atomic E-state index is 10.4. The average molecular weight is 1310 g/mol. The Hall–Kier alpha value is -4.35. The van der Waals surface area contributed by atoms with E-state index >= 15 is 0 Å². The first-order valence-electron chi connectivity index (χ1n) is 22.1. The molecule has 0 N–H and O–H groups in total. The number of ether oxygens (including phenoxy) is 16. The largest absolute Gasteiger partial charge is 0.469 e. The van der Waals surface area contributed by atoms with E-state index in [0.717, 1.165) is 13.2 Å². The highest BCUT2D eigenvalue weighted by atomic mass is 32.2. The molecule has 0 aliphatic carbocycles. The van der Waals surface area contributed by atoms with Crippen LogP contribution in [0.4, 0.5) is 0 Å². The Kier molecular flexibility index (Phi) is 288. The number of thioether (sulfide) groups is 2. The Morgan fingerprint density at radius 2 is 0.553 bits per heavy atom. The standard InChI is InChI=1S/2C6H10O5.2C5H8O4.C5H10O2.C4H10O.2C3H8O2.C3H8S2.2C3H8.12CH4/c1-9-5(7)3-11-4-6(8)10-2;1-5(7)10-3-9-4-11-6(2)8;1-8-4(6)3-5(7)9-2;1-4(6)8-3-9-5(2)7;1-3-5(6)7-4-2;1-3-5-4-2;3*1-4-3-5-2;2*1-3-2;;;;;;;;;;;;/h2*3-4H2,1-2H3;2*3H2,1-2H3;3-4H2,1-2H3;3-4H2,1-2H3;3*3H2,1-2H3;2*3H2,1-2H3;12*1H4. The van der Waals surface area contributed by atoms with Crippen LogP contribution in [0.5, 0.6) is 0 Å². The van der Waals surface area contributed by atoms with E-state index in [1.54, 1.807) is 42.3 Å². The van der Waals surface area contributed by atoms with Crippen LogP contribution in [-0.2, 0) is 119 Å². The van der Waals surface area contributed by atoms with Crippen LogP contribution >= 0.6 is 23.5 Å². The van der Waals surface area contributed by atoms with Crippen molar-refractivity contribution in [2.45, 2.75) is 198 Å². The molecule has 0 aliphatic rings. The molecule has 0 radical (unpaired) electrons.